The fourth-order valence-corrected chi connectivity index (χ4v) is 2.52. The van der Waals surface area contributed by atoms with E-state index in [2.05, 4.69) is 15.9 Å². The van der Waals surface area contributed by atoms with Crippen LogP contribution in [0.1, 0.15) is 10.4 Å². The Balaban J connectivity index is 2.30. The van der Waals surface area contributed by atoms with Crippen molar-refractivity contribution >= 4 is 33.4 Å². The first-order chi connectivity index (χ1) is 8.09. The summed E-state index contributed by atoms with van der Waals surface area (Å²) in [5.41, 5.74) is -0.0724. The van der Waals surface area contributed by atoms with E-state index in [1.807, 2.05) is 0 Å². The molecule has 6 heteroatoms. The smallest absolute Gasteiger partial charge is 0.258 e. The number of rotatable bonds is 1. The maximum absolute atomic E-state index is 13.7. The van der Waals surface area contributed by atoms with Gasteiger partial charge < -0.3 is 9.64 Å². The van der Waals surface area contributed by atoms with Crippen molar-refractivity contribution in [3.63, 3.8) is 0 Å². The lowest BCUT2D eigenvalue weighted by atomic mass is 10.1. The first kappa shape index (κ1) is 12.8. The van der Waals surface area contributed by atoms with Gasteiger partial charge in [0.25, 0.3) is 5.91 Å². The summed E-state index contributed by atoms with van der Waals surface area (Å²) in [5, 5.41) is 0.119. The quantitative estimate of drug-likeness (QED) is 0.795. The van der Waals surface area contributed by atoms with Gasteiger partial charge in [0.15, 0.2) is 0 Å². The van der Waals surface area contributed by atoms with Crippen LogP contribution in [0.5, 0.6) is 0 Å². The van der Waals surface area contributed by atoms with Crippen LogP contribution in [0.4, 0.5) is 4.39 Å². The average molecular weight is 323 g/mol. The Morgan fingerprint density at radius 1 is 1.41 bits per heavy atom. The number of benzene rings is 1. The summed E-state index contributed by atoms with van der Waals surface area (Å²) < 4.78 is 19.4. The molecule has 0 spiro atoms. The predicted octanol–water partition coefficient (Wildman–Crippen LogP) is 2.71. The van der Waals surface area contributed by atoms with Crippen molar-refractivity contribution in [1.29, 1.82) is 0 Å². The molecule has 1 fully saturated rings. The average Bonchev–Trinajstić information content (AvgIpc) is 2.28. The molecule has 17 heavy (non-hydrogen) atoms. The zero-order chi connectivity index (χ0) is 12.4. The minimum Gasteiger partial charge on any atom is -0.378 e. The summed E-state index contributed by atoms with van der Waals surface area (Å²) >= 11 is 9.02. The van der Waals surface area contributed by atoms with E-state index < -0.39 is 5.82 Å². The van der Waals surface area contributed by atoms with Crippen LogP contribution in [0.15, 0.2) is 16.6 Å². The molecular formula is C11H10BrClFNO2. The lowest BCUT2D eigenvalue weighted by molar-refractivity contribution is 0.0300. The predicted molar refractivity (Wildman–Crippen MR) is 65.8 cm³/mol. The van der Waals surface area contributed by atoms with Gasteiger partial charge in [0.1, 0.15) is 5.82 Å². The molecule has 1 aromatic carbocycles. The molecule has 1 aliphatic heterocycles. The number of ether oxygens (including phenoxy) is 1. The molecule has 0 aromatic heterocycles. The van der Waals surface area contributed by atoms with Gasteiger partial charge in [-0.2, -0.15) is 0 Å². The first-order valence-corrected chi connectivity index (χ1v) is 6.28. The van der Waals surface area contributed by atoms with Crippen LogP contribution in [0, 0.1) is 5.82 Å². The Morgan fingerprint density at radius 3 is 2.65 bits per heavy atom. The van der Waals surface area contributed by atoms with Crippen LogP contribution in [-0.2, 0) is 4.74 Å². The van der Waals surface area contributed by atoms with Crippen LogP contribution < -0.4 is 0 Å². The Labute approximate surface area is 112 Å². The van der Waals surface area contributed by atoms with Crippen molar-refractivity contribution in [3.8, 4) is 0 Å². The second kappa shape index (κ2) is 5.33. The second-order valence-electron chi connectivity index (χ2n) is 3.65. The van der Waals surface area contributed by atoms with Gasteiger partial charge in [-0.25, -0.2) is 4.39 Å². The summed E-state index contributed by atoms with van der Waals surface area (Å²) in [4.78, 5) is 13.6. The molecule has 1 saturated heterocycles. The molecule has 0 aliphatic carbocycles. The van der Waals surface area contributed by atoms with Gasteiger partial charge >= 0.3 is 0 Å². The molecule has 1 aromatic rings. The normalized spacial score (nSPS) is 16.1. The number of morpholine rings is 1. The highest BCUT2D eigenvalue weighted by molar-refractivity contribution is 9.10. The van der Waals surface area contributed by atoms with Gasteiger partial charge in [0.2, 0.25) is 0 Å². The highest BCUT2D eigenvalue weighted by Gasteiger charge is 2.24. The highest BCUT2D eigenvalue weighted by Crippen LogP contribution is 2.26. The van der Waals surface area contributed by atoms with E-state index in [0.29, 0.717) is 30.8 Å². The minimum atomic E-state index is -0.610. The number of carbonyl (C=O) groups is 1. The van der Waals surface area contributed by atoms with Crippen LogP contribution in [0.2, 0.25) is 5.02 Å². The standard InChI is InChI=1S/C11H10BrClFNO2/c12-7-5-8(13)10(9(14)6-7)11(16)15-1-3-17-4-2-15/h5-6H,1-4H2. The van der Waals surface area contributed by atoms with E-state index in [1.54, 1.807) is 4.90 Å². The molecule has 0 unspecified atom stereocenters. The summed E-state index contributed by atoms with van der Waals surface area (Å²) in [6, 6.07) is 2.75. The fraction of sp³-hybridized carbons (Fsp3) is 0.364. The molecule has 0 radical (unpaired) electrons. The van der Waals surface area contributed by atoms with Gasteiger partial charge in [0, 0.05) is 17.6 Å². The molecule has 3 nitrogen and oxygen atoms in total. The summed E-state index contributed by atoms with van der Waals surface area (Å²) in [6.07, 6.45) is 0. The Kier molecular flexibility index (Phi) is 4.01. The SMILES string of the molecule is O=C(c1c(F)cc(Br)cc1Cl)N1CCOCC1. The molecule has 1 heterocycles. The maximum Gasteiger partial charge on any atom is 0.258 e. The Hall–Kier alpha value is -0.650. The molecule has 1 amide bonds. The first-order valence-electron chi connectivity index (χ1n) is 5.11. The molecular weight excluding hydrogens is 312 g/mol. The molecule has 0 saturated carbocycles. The number of halogens is 3. The van der Waals surface area contributed by atoms with Crippen molar-refractivity contribution in [1.82, 2.24) is 4.90 Å². The van der Waals surface area contributed by atoms with Gasteiger partial charge in [-0.05, 0) is 12.1 Å². The van der Waals surface area contributed by atoms with E-state index in [-0.39, 0.29) is 16.5 Å². The molecule has 0 atom stereocenters. The van der Waals surface area contributed by atoms with Gasteiger partial charge in [-0.3, -0.25) is 4.79 Å². The lowest BCUT2D eigenvalue weighted by Crippen LogP contribution is -2.41. The van der Waals surface area contributed by atoms with Crippen LogP contribution >= 0.6 is 27.5 Å². The zero-order valence-corrected chi connectivity index (χ0v) is 11.2. The number of hydrogen-bond acceptors (Lipinski definition) is 2. The van der Waals surface area contributed by atoms with Crippen molar-refractivity contribution in [2.24, 2.45) is 0 Å². The van der Waals surface area contributed by atoms with E-state index in [1.165, 1.54) is 12.1 Å². The van der Waals surface area contributed by atoms with E-state index in [9.17, 15) is 9.18 Å². The summed E-state index contributed by atoms with van der Waals surface area (Å²) in [6.45, 7) is 1.87. The second-order valence-corrected chi connectivity index (χ2v) is 4.97. The topological polar surface area (TPSA) is 29.5 Å². The van der Waals surface area contributed by atoms with Crippen molar-refractivity contribution < 1.29 is 13.9 Å². The third-order valence-electron chi connectivity index (χ3n) is 2.52. The largest absolute Gasteiger partial charge is 0.378 e. The van der Waals surface area contributed by atoms with Crippen molar-refractivity contribution in [2.75, 3.05) is 26.3 Å². The van der Waals surface area contributed by atoms with E-state index in [0.717, 1.165) is 0 Å². The van der Waals surface area contributed by atoms with Gasteiger partial charge in [-0.15, -0.1) is 0 Å². The molecule has 2 rings (SSSR count). The number of nitrogens with zero attached hydrogens (tertiary/aromatic N) is 1. The molecule has 0 bridgehead atoms. The monoisotopic (exact) mass is 321 g/mol. The number of amides is 1. The van der Waals surface area contributed by atoms with Gasteiger partial charge in [-0.1, -0.05) is 27.5 Å². The van der Waals surface area contributed by atoms with Crippen LogP contribution in [0.3, 0.4) is 0 Å². The molecule has 92 valence electrons. The van der Waals surface area contributed by atoms with Gasteiger partial charge in [0.05, 0.1) is 23.8 Å². The zero-order valence-electron chi connectivity index (χ0n) is 8.88. The lowest BCUT2D eigenvalue weighted by Gasteiger charge is -2.27. The van der Waals surface area contributed by atoms with E-state index in [4.69, 9.17) is 16.3 Å². The summed E-state index contributed by atoms with van der Waals surface area (Å²) in [5.74, 6) is -0.996. The third kappa shape index (κ3) is 2.78. The highest BCUT2D eigenvalue weighted by atomic mass is 79.9. The van der Waals surface area contributed by atoms with Crippen LogP contribution in [0.25, 0.3) is 0 Å². The van der Waals surface area contributed by atoms with E-state index >= 15 is 0 Å². The minimum absolute atomic E-state index is 0.0724. The molecule has 0 N–H and O–H groups in total. The Bertz CT molecular complexity index is 426. The number of carbonyl (C=O) groups excluding carboxylic acids is 1. The van der Waals surface area contributed by atoms with Crippen molar-refractivity contribution in [3.05, 3.63) is 33.0 Å². The maximum atomic E-state index is 13.7. The molecule has 1 aliphatic rings. The fourth-order valence-electron chi connectivity index (χ4n) is 1.67. The van der Waals surface area contributed by atoms with Crippen LogP contribution in [-0.4, -0.2) is 37.1 Å². The number of hydrogen-bond donors (Lipinski definition) is 0. The van der Waals surface area contributed by atoms with Crippen molar-refractivity contribution in [2.45, 2.75) is 0 Å². The third-order valence-corrected chi connectivity index (χ3v) is 3.27. The Morgan fingerprint density at radius 2 is 2.06 bits per heavy atom. The summed E-state index contributed by atoms with van der Waals surface area (Å²) in [7, 11) is 0.